The molecule has 0 aliphatic carbocycles. The number of furan rings is 1. The number of halogens is 1. The van der Waals surface area contributed by atoms with Gasteiger partial charge in [-0.3, -0.25) is 14.4 Å². The number of aryl methyl sites for hydroxylation is 1. The van der Waals surface area contributed by atoms with E-state index in [1.807, 2.05) is 30.5 Å². The molecule has 8 aromatic rings. The Labute approximate surface area is 354 Å². The Morgan fingerprint density at radius 3 is 2.11 bits per heavy atom. The van der Waals surface area contributed by atoms with E-state index >= 15 is 0 Å². The van der Waals surface area contributed by atoms with Gasteiger partial charge < -0.3 is 14.0 Å². The normalized spacial score (nSPS) is 13.0. The summed E-state index contributed by atoms with van der Waals surface area (Å²) in [6.45, 7) is 19.5. The first-order chi connectivity index (χ1) is 27.7. The van der Waals surface area contributed by atoms with Crippen molar-refractivity contribution in [2.75, 3.05) is 0 Å². The molecule has 0 spiro atoms. The van der Waals surface area contributed by atoms with Crippen LogP contribution in [0.3, 0.4) is 0 Å². The topological polar surface area (TPSA) is 56.7 Å². The van der Waals surface area contributed by atoms with Crippen molar-refractivity contribution in [2.45, 2.75) is 98.8 Å². The third kappa shape index (κ3) is 8.24. The summed E-state index contributed by atoms with van der Waals surface area (Å²) in [7, 11) is 0. The van der Waals surface area contributed by atoms with Gasteiger partial charge in [-0.15, -0.1) is 42.0 Å². The van der Waals surface area contributed by atoms with Gasteiger partial charge in [0.15, 0.2) is 0 Å². The van der Waals surface area contributed by atoms with E-state index < -0.39 is 12.7 Å². The first kappa shape index (κ1) is 37.6. The Bertz CT molecular complexity index is 2780. The summed E-state index contributed by atoms with van der Waals surface area (Å²) < 4.78 is 44.7. The van der Waals surface area contributed by atoms with Crippen molar-refractivity contribution in [3.8, 4) is 28.3 Å². The van der Waals surface area contributed by atoms with Crippen molar-refractivity contribution < 1.29 is 33.0 Å². The summed E-state index contributed by atoms with van der Waals surface area (Å²) >= 11 is 0. The number of hydrogen-bond acceptors (Lipinski definition) is 4. The minimum Gasteiger partial charge on any atom is -0.501 e. The molecule has 0 aliphatic heterocycles. The Morgan fingerprint density at radius 1 is 0.772 bits per heavy atom. The number of pyridine rings is 2. The molecule has 0 atom stereocenters. The molecular formula is C50H51FIrN4O-2. The molecule has 1 radical (unpaired) electrons. The second kappa shape index (κ2) is 16.1. The van der Waals surface area contributed by atoms with Gasteiger partial charge in [-0.2, -0.15) is 0 Å². The number of aromatic nitrogens is 4. The molecule has 0 unspecified atom stereocenters. The van der Waals surface area contributed by atoms with Crippen LogP contribution >= 0.6 is 0 Å². The van der Waals surface area contributed by atoms with Crippen LogP contribution in [0, 0.1) is 24.8 Å². The van der Waals surface area contributed by atoms with Crippen molar-refractivity contribution >= 4 is 33.0 Å². The molecule has 4 aromatic heterocycles. The molecule has 4 heterocycles. The third-order valence-corrected chi connectivity index (χ3v) is 10.2. The molecule has 4 aromatic carbocycles. The zero-order valence-corrected chi connectivity index (χ0v) is 36.7. The number of nitrogens with zero attached hydrogens (tertiary/aromatic N) is 4. The molecule has 8 rings (SSSR count). The SMILES string of the molecule is CC(C)c1cccc(C(C)C)c1-n1c(-c2[c-]ccc3c2oc2ccccc23)nc2cc(C(C)(C)C)ncc21.[2H]C([2H])([2H])c1c[c-]c(-c2ccc(C(C)(C)C)cn2)c(F)c1.[Ir]. The molecule has 57 heavy (non-hydrogen) atoms. The molecule has 0 aliphatic rings. The van der Waals surface area contributed by atoms with Gasteiger partial charge in [0.1, 0.15) is 5.58 Å². The molecule has 7 heteroatoms. The Balaban J connectivity index is 0.000000234. The van der Waals surface area contributed by atoms with E-state index in [0.29, 0.717) is 17.5 Å². The number of rotatable bonds is 5. The van der Waals surface area contributed by atoms with Gasteiger partial charge in [0.25, 0.3) is 0 Å². The average molecular weight is 938 g/mol. The number of hydrogen-bond donors (Lipinski definition) is 0. The minimum atomic E-state index is -2.33. The molecule has 0 amide bonds. The van der Waals surface area contributed by atoms with Crippen LogP contribution < -0.4 is 0 Å². The van der Waals surface area contributed by atoms with Gasteiger partial charge in [0.2, 0.25) is 0 Å². The molecule has 0 N–H and O–H groups in total. The van der Waals surface area contributed by atoms with Gasteiger partial charge >= 0.3 is 0 Å². The molecule has 0 saturated heterocycles. The van der Waals surface area contributed by atoms with Gasteiger partial charge in [0, 0.05) is 58.4 Å². The molecular weight excluding hydrogens is 884 g/mol. The number of fused-ring (bicyclic) bond motifs is 4. The molecule has 5 nitrogen and oxygen atoms in total. The van der Waals surface area contributed by atoms with E-state index in [9.17, 15) is 4.39 Å². The van der Waals surface area contributed by atoms with Gasteiger partial charge in [0.05, 0.1) is 28.6 Å². The Kier molecular flexibility index (Phi) is 10.6. The Morgan fingerprint density at radius 2 is 1.49 bits per heavy atom. The summed E-state index contributed by atoms with van der Waals surface area (Å²) in [4.78, 5) is 14.5. The fraction of sp³-hybridized carbons (Fsp3) is 0.300. The monoisotopic (exact) mass is 938 g/mol. The Hall–Kier alpha value is -4.97. The summed E-state index contributed by atoms with van der Waals surface area (Å²) in [5.41, 5.74) is 10.7. The van der Waals surface area contributed by atoms with Gasteiger partial charge in [-0.05, 0) is 51.8 Å². The van der Waals surface area contributed by atoms with E-state index in [2.05, 4.69) is 133 Å². The predicted octanol–water partition coefficient (Wildman–Crippen LogP) is 13.6. The maximum Gasteiger partial charge on any atom is 0.120 e. The second-order valence-electron chi connectivity index (χ2n) is 17.2. The maximum absolute atomic E-state index is 14.1. The second-order valence-corrected chi connectivity index (χ2v) is 17.2. The van der Waals surface area contributed by atoms with Gasteiger partial charge in [-0.25, -0.2) is 0 Å². The minimum absolute atomic E-state index is 0. The summed E-state index contributed by atoms with van der Waals surface area (Å²) in [5, 5.41) is 2.17. The van der Waals surface area contributed by atoms with Crippen LogP contribution in [0.5, 0.6) is 0 Å². The number of benzene rings is 4. The van der Waals surface area contributed by atoms with Crippen LogP contribution in [0.1, 0.15) is 113 Å². The first-order valence-electron chi connectivity index (χ1n) is 20.8. The molecule has 295 valence electrons. The predicted molar refractivity (Wildman–Crippen MR) is 229 cm³/mol. The van der Waals surface area contributed by atoms with Crippen molar-refractivity contribution in [2.24, 2.45) is 0 Å². The largest absolute Gasteiger partial charge is 0.501 e. The van der Waals surface area contributed by atoms with Crippen LogP contribution in [0.15, 0.2) is 102 Å². The molecule has 0 fully saturated rings. The van der Waals surface area contributed by atoms with Crippen LogP contribution in [-0.4, -0.2) is 19.5 Å². The van der Waals surface area contributed by atoms with E-state index in [4.69, 9.17) is 18.5 Å². The molecule has 0 bridgehead atoms. The van der Waals surface area contributed by atoms with Crippen LogP contribution in [0.25, 0.3) is 61.3 Å². The zero-order valence-electron chi connectivity index (χ0n) is 37.3. The summed E-state index contributed by atoms with van der Waals surface area (Å²) in [5.74, 6) is 0.871. The van der Waals surface area contributed by atoms with Crippen LogP contribution in [0.4, 0.5) is 4.39 Å². The fourth-order valence-electron chi connectivity index (χ4n) is 7.06. The molecule has 0 saturated carbocycles. The van der Waals surface area contributed by atoms with E-state index in [0.717, 1.165) is 61.7 Å². The van der Waals surface area contributed by atoms with Crippen molar-refractivity contribution in [1.29, 1.82) is 0 Å². The third-order valence-electron chi connectivity index (χ3n) is 10.2. The number of para-hydroxylation sites is 2. The van der Waals surface area contributed by atoms with Crippen molar-refractivity contribution in [1.82, 2.24) is 19.5 Å². The van der Waals surface area contributed by atoms with Crippen LogP contribution in [0.2, 0.25) is 0 Å². The standard InChI is InChI=1S/C34H34N3O.C16H17FN.Ir/c1-20(2)22-13-10-14-23(21(3)4)31(22)37-28-19-35-30(34(5,6)7)18-27(28)36-33(37)26-16-11-15-25-24-12-8-9-17-29(24)38-32(25)26;1-11-5-7-13(14(17)9-11)15-8-6-12(10-18-15)16(2,3)4;/h8-15,17-21H,1-7H3;5-6,8-10H,1-4H3;/q2*-1;/i;1D3;. The summed E-state index contributed by atoms with van der Waals surface area (Å²) in [6, 6.07) is 33.2. The van der Waals surface area contributed by atoms with E-state index in [-0.39, 0.29) is 42.1 Å². The fourth-order valence-corrected chi connectivity index (χ4v) is 7.06. The van der Waals surface area contributed by atoms with Gasteiger partial charge in [-0.1, -0.05) is 141 Å². The van der Waals surface area contributed by atoms with Crippen molar-refractivity contribution in [3.05, 3.63) is 143 Å². The zero-order chi connectivity index (χ0) is 42.6. The first-order valence-corrected chi connectivity index (χ1v) is 19.3. The number of imidazole rings is 1. The maximum atomic E-state index is 14.1. The van der Waals surface area contributed by atoms with E-state index in [1.54, 1.807) is 12.3 Å². The van der Waals surface area contributed by atoms with Crippen molar-refractivity contribution in [3.63, 3.8) is 0 Å². The summed E-state index contributed by atoms with van der Waals surface area (Å²) in [6.07, 6.45) is 3.70. The average Bonchev–Trinajstić information content (AvgIpc) is 3.75. The van der Waals surface area contributed by atoms with Crippen LogP contribution in [-0.2, 0) is 30.9 Å². The smallest absolute Gasteiger partial charge is 0.120 e. The quantitative estimate of drug-likeness (QED) is 0.161. The van der Waals surface area contributed by atoms with E-state index in [1.165, 1.54) is 22.9 Å².